The summed E-state index contributed by atoms with van der Waals surface area (Å²) >= 11 is 1.38. The third-order valence-corrected chi connectivity index (χ3v) is 4.19. The van der Waals surface area contributed by atoms with Gasteiger partial charge in [0.25, 0.3) is 0 Å². The Bertz CT molecular complexity index is 819. The fourth-order valence-corrected chi connectivity index (χ4v) is 2.88. The second kappa shape index (κ2) is 8.75. The maximum Gasteiger partial charge on any atom is 0.407 e. The van der Waals surface area contributed by atoms with E-state index in [1.807, 2.05) is 37.3 Å². The van der Waals surface area contributed by atoms with E-state index in [0.29, 0.717) is 4.80 Å². The van der Waals surface area contributed by atoms with Crippen molar-refractivity contribution in [2.75, 3.05) is 6.54 Å². The second-order valence-corrected chi connectivity index (χ2v) is 7.60. The Morgan fingerprint density at radius 1 is 1.27 bits per heavy atom. The first kappa shape index (κ1) is 19.8. The van der Waals surface area contributed by atoms with Crippen LogP contribution in [0, 0.1) is 0 Å². The number of carbonyl (C=O) groups excluding carboxylic acids is 2. The van der Waals surface area contributed by atoms with Gasteiger partial charge in [-0.25, -0.2) is 9.48 Å². The number of alkyl carbamates (subject to hydrolysis) is 1. The zero-order chi connectivity index (χ0) is 19.2. The largest absolute Gasteiger partial charge is 0.444 e. The van der Waals surface area contributed by atoms with Crippen molar-refractivity contribution in [3.63, 3.8) is 0 Å². The fraction of sp³-hybridized carbons (Fsp3) is 0.444. The summed E-state index contributed by atoms with van der Waals surface area (Å²) < 4.78 is 6.80. The summed E-state index contributed by atoms with van der Waals surface area (Å²) in [6.07, 6.45) is 0.310. The minimum atomic E-state index is -0.571. The summed E-state index contributed by atoms with van der Waals surface area (Å²) in [5, 5.41) is 7.95. The van der Waals surface area contributed by atoms with Crippen molar-refractivity contribution in [2.45, 2.75) is 46.1 Å². The van der Waals surface area contributed by atoms with Gasteiger partial charge in [-0.3, -0.25) is 4.79 Å². The molecule has 0 aliphatic heterocycles. The molecule has 0 radical (unpaired) electrons. The molecule has 0 saturated carbocycles. The van der Waals surface area contributed by atoms with Gasteiger partial charge in [0.05, 0.1) is 5.69 Å². The highest BCUT2D eigenvalue weighted by molar-refractivity contribution is 7.08. The Balaban J connectivity index is 2.06. The number of aromatic nitrogens is 2. The van der Waals surface area contributed by atoms with E-state index >= 15 is 0 Å². The van der Waals surface area contributed by atoms with Crippen LogP contribution in [0.2, 0.25) is 0 Å². The van der Waals surface area contributed by atoms with Gasteiger partial charge in [-0.1, -0.05) is 36.5 Å². The van der Waals surface area contributed by atoms with Crippen LogP contribution >= 0.6 is 11.3 Å². The first-order valence-electron chi connectivity index (χ1n) is 8.47. The highest BCUT2D eigenvalue weighted by Crippen LogP contribution is 2.08. The third kappa shape index (κ3) is 6.11. The zero-order valence-corrected chi connectivity index (χ0v) is 16.3. The number of para-hydroxylation sites is 1. The first-order valence-corrected chi connectivity index (χ1v) is 9.29. The lowest BCUT2D eigenvalue weighted by atomic mass is 10.2. The minimum Gasteiger partial charge on any atom is -0.444 e. The average molecular weight is 376 g/mol. The van der Waals surface area contributed by atoms with Gasteiger partial charge < -0.3 is 10.1 Å². The zero-order valence-electron chi connectivity index (χ0n) is 15.5. The van der Waals surface area contributed by atoms with E-state index in [1.54, 1.807) is 25.5 Å². The van der Waals surface area contributed by atoms with E-state index in [9.17, 15) is 9.59 Å². The Morgan fingerprint density at radius 2 is 1.96 bits per heavy atom. The van der Waals surface area contributed by atoms with Crippen molar-refractivity contribution in [3.05, 3.63) is 40.1 Å². The minimum absolute atomic E-state index is 0.0907. The number of nitrogens with one attached hydrogen (secondary N) is 1. The van der Waals surface area contributed by atoms with Gasteiger partial charge in [0, 0.05) is 13.0 Å². The highest BCUT2D eigenvalue weighted by atomic mass is 32.1. The number of amides is 2. The lowest BCUT2D eigenvalue weighted by molar-refractivity contribution is -0.117. The van der Waals surface area contributed by atoms with E-state index in [4.69, 9.17) is 4.74 Å². The first-order chi connectivity index (χ1) is 12.3. The molecule has 1 heterocycles. The van der Waals surface area contributed by atoms with Crippen LogP contribution in [-0.2, 0) is 16.0 Å². The van der Waals surface area contributed by atoms with Crippen LogP contribution in [0.25, 0.3) is 5.69 Å². The second-order valence-electron chi connectivity index (χ2n) is 6.56. The van der Waals surface area contributed by atoms with Crippen molar-refractivity contribution in [1.82, 2.24) is 15.1 Å². The number of aryl methyl sites for hydroxylation is 1. The smallest absolute Gasteiger partial charge is 0.407 e. The molecule has 0 atom stereocenters. The molecule has 1 aromatic carbocycles. The summed E-state index contributed by atoms with van der Waals surface area (Å²) in [7, 11) is 0. The molecule has 2 amide bonds. The van der Waals surface area contributed by atoms with Gasteiger partial charge >= 0.3 is 6.09 Å². The lowest BCUT2D eigenvalue weighted by Crippen LogP contribution is -2.33. The molecule has 0 aliphatic rings. The molecule has 1 aromatic heterocycles. The third-order valence-electron chi connectivity index (χ3n) is 3.13. The Kier molecular flexibility index (Phi) is 6.68. The normalized spacial score (nSPS) is 12.1. The van der Waals surface area contributed by atoms with E-state index in [2.05, 4.69) is 15.4 Å². The number of benzene rings is 1. The van der Waals surface area contributed by atoms with Crippen molar-refractivity contribution in [1.29, 1.82) is 0 Å². The summed E-state index contributed by atoms with van der Waals surface area (Å²) in [6.45, 7) is 7.52. The molecule has 2 rings (SSSR count). The molecule has 0 bridgehead atoms. The van der Waals surface area contributed by atoms with Gasteiger partial charge in [-0.05, 0) is 39.3 Å². The van der Waals surface area contributed by atoms with Crippen LogP contribution in [0.15, 0.2) is 35.3 Å². The molecule has 140 valence electrons. The van der Waals surface area contributed by atoms with Crippen LogP contribution < -0.4 is 10.1 Å². The molecule has 2 aromatic rings. The van der Waals surface area contributed by atoms with E-state index < -0.39 is 11.7 Å². The Hall–Kier alpha value is -2.48. The number of hydrogen-bond donors (Lipinski definition) is 1. The fourth-order valence-electron chi connectivity index (χ4n) is 2.02. The predicted octanol–water partition coefficient (Wildman–Crippen LogP) is 2.84. The summed E-state index contributed by atoms with van der Waals surface area (Å²) in [4.78, 5) is 28.4. The molecular weight excluding hydrogens is 352 g/mol. The van der Waals surface area contributed by atoms with Crippen LogP contribution in [-0.4, -0.2) is 33.9 Å². The molecule has 0 aliphatic carbocycles. The van der Waals surface area contributed by atoms with Crippen LogP contribution in [0.3, 0.4) is 0 Å². The standard InChI is InChI=1S/C18H24N4O3S/c1-5-15-21-22(13-9-7-6-8-10-13)16(26-15)20-14(23)11-12-19-17(24)25-18(2,3)4/h6-10H,5,11-12H2,1-4H3,(H,19,24). The molecule has 0 saturated heterocycles. The van der Waals surface area contributed by atoms with Gasteiger partial charge in [-0.15, -0.1) is 0 Å². The topological polar surface area (TPSA) is 85.6 Å². The molecule has 0 spiro atoms. The van der Waals surface area contributed by atoms with Crippen molar-refractivity contribution in [3.8, 4) is 5.69 Å². The molecular formula is C18H24N4O3S. The van der Waals surface area contributed by atoms with Crippen molar-refractivity contribution >= 4 is 23.3 Å². The van der Waals surface area contributed by atoms with Crippen molar-refractivity contribution in [2.24, 2.45) is 4.99 Å². The molecule has 8 heteroatoms. The van der Waals surface area contributed by atoms with Gasteiger partial charge in [0.1, 0.15) is 10.6 Å². The number of hydrogen-bond acceptors (Lipinski definition) is 5. The number of carbonyl (C=O) groups is 2. The lowest BCUT2D eigenvalue weighted by Gasteiger charge is -2.19. The molecule has 26 heavy (non-hydrogen) atoms. The number of nitrogens with zero attached hydrogens (tertiary/aromatic N) is 3. The maximum absolute atomic E-state index is 12.2. The number of rotatable bonds is 5. The Morgan fingerprint density at radius 3 is 2.58 bits per heavy atom. The monoisotopic (exact) mass is 376 g/mol. The number of ether oxygens (including phenoxy) is 1. The van der Waals surface area contributed by atoms with Gasteiger partial charge in [0.15, 0.2) is 0 Å². The summed E-state index contributed by atoms with van der Waals surface area (Å²) in [6, 6.07) is 9.55. The average Bonchev–Trinajstić information content (AvgIpc) is 2.97. The van der Waals surface area contributed by atoms with Crippen LogP contribution in [0.5, 0.6) is 0 Å². The van der Waals surface area contributed by atoms with E-state index in [1.165, 1.54) is 11.3 Å². The van der Waals surface area contributed by atoms with Crippen LogP contribution in [0.1, 0.15) is 39.1 Å². The summed E-state index contributed by atoms with van der Waals surface area (Å²) in [5.74, 6) is -0.322. The molecule has 7 nitrogen and oxygen atoms in total. The molecule has 1 N–H and O–H groups in total. The van der Waals surface area contributed by atoms with E-state index in [-0.39, 0.29) is 18.9 Å². The van der Waals surface area contributed by atoms with E-state index in [0.717, 1.165) is 17.1 Å². The highest BCUT2D eigenvalue weighted by Gasteiger charge is 2.16. The maximum atomic E-state index is 12.2. The van der Waals surface area contributed by atoms with Gasteiger partial charge in [0.2, 0.25) is 10.7 Å². The van der Waals surface area contributed by atoms with Crippen molar-refractivity contribution < 1.29 is 14.3 Å². The molecule has 0 unspecified atom stereocenters. The van der Waals surface area contributed by atoms with Crippen LogP contribution in [0.4, 0.5) is 4.79 Å². The summed E-state index contributed by atoms with van der Waals surface area (Å²) in [5.41, 5.74) is 0.278. The SMILES string of the molecule is CCc1nn(-c2ccccc2)c(=NC(=O)CCNC(=O)OC(C)(C)C)s1. The Labute approximate surface area is 156 Å². The predicted molar refractivity (Wildman–Crippen MR) is 100 cm³/mol. The quantitative estimate of drug-likeness (QED) is 0.869. The van der Waals surface area contributed by atoms with Gasteiger partial charge in [-0.2, -0.15) is 10.1 Å². The molecule has 0 fully saturated rings.